The quantitative estimate of drug-likeness (QED) is 0.467. The van der Waals surface area contributed by atoms with Crippen molar-refractivity contribution in [1.29, 1.82) is 0 Å². The van der Waals surface area contributed by atoms with E-state index in [9.17, 15) is 15.0 Å². The first-order chi connectivity index (χ1) is 15.8. The molecule has 1 saturated carbocycles. The van der Waals surface area contributed by atoms with Crippen molar-refractivity contribution in [2.45, 2.75) is 45.1 Å². The summed E-state index contributed by atoms with van der Waals surface area (Å²) in [6.45, 7) is 3.68. The third-order valence-corrected chi connectivity index (χ3v) is 7.36. The van der Waals surface area contributed by atoms with Crippen molar-refractivity contribution in [2.75, 3.05) is 12.4 Å². The van der Waals surface area contributed by atoms with Crippen molar-refractivity contribution in [3.8, 4) is 16.5 Å². The van der Waals surface area contributed by atoms with E-state index in [1.807, 2.05) is 19.1 Å². The number of pyridine rings is 1. The molecule has 1 atom stereocenters. The number of nitrogens with one attached hydrogen (secondary N) is 1. The van der Waals surface area contributed by atoms with Gasteiger partial charge in [-0.3, -0.25) is 9.78 Å². The first-order valence-electron chi connectivity index (χ1n) is 10.8. The first kappa shape index (κ1) is 23.1. The van der Waals surface area contributed by atoms with E-state index in [1.165, 1.54) is 11.3 Å². The van der Waals surface area contributed by atoms with Crippen LogP contribution in [0, 0.1) is 18.8 Å². The summed E-state index contributed by atoms with van der Waals surface area (Å²) >= 11 is 1.40. The van der Waals surface area contributed by atoms with E-state index >= 15 is 0 Å². The maximum absolute atomic E-state index is 11.3. The van der Waals surface area contributed by atoms with Gasteiger partial charge < -0.3 is 20.3 Å². The van der Waals surface area contributed by atoms with Crippen molar-refractivity contribution in [2.24, 2.45) is 11.8 Å². The molecule has 3 aromatic heterocycles. The molecule has 9 nitrogen and oxygen atoms in total. The molecule has 174 valence electrons. The van der Waals surface area contributed by atoms with Crippen LogP contribution in [0.5, 0.6) is 5.88 Å². The number of nitrogens with zero attached hydrogens (tertiary/aromatic N) is 4. The number of aryl methyl sites for hydroxylation is 1. The molecule has 0 saturated heterocycles. The first-order valence-corrected chi connectivity index (χ1v) is 11.6. The van der Waals surface area contributed by atoms with Gasteiger partial charge in [0.05, 0.1) is 23.6 Å². The topological polar surface area (TPSA) is 130 Å². The zero-order valence-corrected chi connectivity index (χ0v) is 19.6. The number of thiazole rings is 1. The van der Waals surface area contributed by atoms with E-state index in [0.717, 1.165) is 22.0 Å². The minimum Gasteiger partial charge on any atom is -0.481 e. The zero-order valence-electron chi connectivity index (χ0n) is 18.8. The lowest BCUT2D eigenvalue weighted by molar-refractivity contribution is -0.144. The van der Waals surface area contributed by atoms with Gasteiger partial charge in [0.1, 0.15) is 10.6 Å². The Kier molecular flexibility index (Phi) is 6.57. The molecule has 0 spiro atoms. The summed E-state index contributed by atoms with van der Waals surface area (Å²) in [6, 6.07) is 5.46. The number of aliphatic hydroxyl groups is 1. The Morgan fingerprint density at radius 2 is 1.97 bits per heavy atom. The fourth-order valence-electron chi connectivity index (χ4n) is 4.22. The molecule has 3 aromatic rings. The Bertz CT molecular complexity index is 1140. The number of carboxylic acid groups (broad SMARTS) is 1. The number of aromatic nitrogens is 4. The summed E-state index contributed by atoms with van der Waals surface area (Å²) in [7, 11) is 1.55. The van der Waals surface area contributed by atoms with E-state index in [4.69, 9.17) is 4.74 Å². The van der Waals surface area contributed by atoms with Gasteiger partial charge in [-0.05, 0) is 57.6 Å². The van der Waals surface area contributed by atoms with Crippen LogP contribution in [0.25, 0.3) is 10.6 Å². The van der Waals surface area contributed by atoms with Crippen LogP contribution in [0.4, 0.5) is 11.6 Å². The van der Waals surface area contributed by atoms with Crippen molar-refractivity contribution in [3.63, 3.8) is 0 Å². The number of carbonyl (C=O) groups is 1. The minimum absolute atomic E-state index is 0.0278. The second kappa shape index (κ2) is 9.40. The van der Waals surface area contributed by atoms with Gasteiger partial charge in [0.15, 0.2) is 0 Å². The molecule has 10 heteroatoms. The van der Waals surface area contributed by atoms with Gasteiger partial charge in [-0.2, -0.15) is 4.98 Å². The van der Waals surface area contributed by atoms with E-state index in [0.29, 0.717) is 42.5 Å². The smallest absolute Gasteiger partial charge is 0.306 e. The maximum atomic E-state index is 11.3. The highest BCUT2D eigenvalue weighted by Crippen LogP contribution is 2.43. The molecule has 0 radical (unpaired) electrons. The van der Waals surface area contributed by atoms with E-state index in [1.54, 1.807) is 32.5 Å². The molecule has 0 unspecified atom stereocenters. The molecule has 4 rings (SSSR count). The lowest BCUT2D eigenvalue weighted by Gasteiger charge is -2.35. The largest absolute Gasteiger partial charge is 0.481 e. The highest BCUT2D eigenvalue weighted by atomic mass is 32.1. The fourth-order valence-corrected chi connectivity index (χ4v) is 5.22. The molecule has 1 aliphatic carbocycles. The van der Waals surface area contributed by atoms with Crippen molar-refractivity contribution >= 4 is 28.9 Å². The van der Waals surface area contributed by atoms with Gasteiger partial charge in [-0.1, -0.05) is 0 Å². The SMILES string of the molecule is COc1ccnc(Nc2cc(C)nc(-c3cnc([C@](C)(O)[C@H]4CC[C@H](C(=O)O)CC4)s3)c2)n1. The highest BCUT2D eigenvalue weighted by Gasteiger charge is 2.40. The molecule has 0 aromatic carbocycles. The monoisotopic (exact) mass is 469 g/mol. The van der Waals surface area contributed by atoms with Crippen LogP contribution in [-0.4, -0.2) is 43.2 Å². The summed E-state index contributed by atoms with van der Waals surface area (Å²) in [6.07, 6.45) is 5.83. The molecule has 3 N–H and O–H groups in total. The zero-order chi connectivity index (χ0) is 23.6. The molecule has 3 heterocycles. The molecule has 33 heavy (non-hydrogen) atoms. The lowest BCUT2D eigenvalue weighted by Crippen LogP contribution is -2.35. The average Bonchev–Trinajstić information content (AvgIpc) is 3.30. The predicted molar refractivity (Wildman–Crippen MR) is 125 cm³/mol. The molecule has 1 fully saturated rings. The summed E-state index contributed by atoms with van der Waals surface area (Å²) in [5, 5.41) is 24.3. The van der Waals surface area contributed by atoms with Gasteiger partial charge in [0, 0.05) is 29.8 Å². The van der Waals surface area contributed by atoms with E-state index < -0.39 is 11.6 Å². The molecule has 0 bridgehead atoms. The Morgan fingerprint density at radius 1 is 1.21 bits per heavy atom. The summed E-state index contributed by atoms with van der Waals surface area (Å²) < 4.78 is 5.15. The number of methoxy groups -OCH3 is 1. The van der Waals surface area contributed by atoms with Gasteiger partial charge >= 0.3 is 5.97 Å². The van der Waals surface area contributed by atoms with Crippen LogP contribution in [-0.2, 0) is 10.4 Å². The Labute approximate surface area is 195 Å². The fraction of sp³-hybridized carbons (Fsp3) is 0.435. The lowest BCUT2D eigenvalue weighted by atomic mass is 9.74. The van der Waals surface area contributed by atoms with Crippen LogP contribution in [0.3, 0.4) is 0 Å². The number of anilines is 2. The highest BCUT2D eigenvalue weighted by molar-refractivity contribution is 7.15. The molecular formula is C23H27N5O4S. The van der Waals surface area contributed by atoms with Gasteiger partial charge in [-0.25, -0.2) is 9.97 Å². The number of carboxylic acids is 1. The Morgan fingerprint density at radius 3 is 2.67 bits per heavy atom. The van der Waals surface area contributed by atoms with Crippen LogP contribution >= 0.6 is 11.3 Å². The summed E-state index contributed by atoms with van der Waals surface area (Å²) in [4.78, 5) is 29.7. The number of rotatable bonds is 7. The molecular weight excluding hydrogens is 442 g/mol. The van der Waals surface area contributed by atoms with Crippen LogP contribution < -0.4 is 10.1 Å². The molecule has 1 aliphatic rings. The van der Waals surface area contributed by atoms with Crippen LogP contribution in [0.1, 0.15) is 43.3 Å². The number of ether oxygens (including phenoxy) is 1. The summed E-state index contributed by atoms with van der Waals surface area (Å²) in [5.41, 5.74) is 1.20. The van der Waals surface area contributed by atoms with Crippen LogP contribution in [0.2, 0.25) is 0 Å². The Balaban J connectivity index is 1.53. The van der Waals surface area contributed by atoms with Crippen molar-refractivity contribution < 1.29 is 19.7 Å². The number of aliphatic carboxylic acids is 1. The Hall–Kier alpha value is -3.11. The molecule has 0 amide bonds. The number of hydrogen-bond donors (Lipinski definition) is 3. The molecule has 0 aliphatic heterocycles. The number of hydrogen-bond acceptors (Lipinski definition) is 9. The normalized spacial score (nSPS) is 20.1. The van der Waals surface area contributed by atoms with Crippen LogP contribution in [0.15, 0.2) is 30.6 Å². The van der Waals surface area contributed by atoms with E-state index in [2.05, 4.69) is 25.3 Å². The van der Waals surface area contributed by atoms with E-state index in [-0.39, 0.29) is 11.8 Å². The van der Waals surface area contributed by atoms with Crippen molar-refractivity contribution in [1.82, 2.24) is 19.9 Å². The van der Waals surface area contributed by atoms with Crippen molar-refractivity contribution in [3.05, 3.63) is 41.3 Å². The summed E-state index contributed by atoms with van der Waals surface area (Å²) in [5.74, 6) is -0.222. The van der Waals surface area contributed by atoms with Gasteiger partial charge in [-0.15, -0.1) is 11.3 Å². The minimum atomic E-state index is -1.12. The second-order valence-corrected chi connectivity index (χ2v) is 9.52. The van der Waals surface area contributed by atoms with Gasteiger partial charge in [0.2, 0.25) is 11.8 Å². The second-order valence-electron chi connectivity index (χ2n) is 8.49. The third-order valence-electron chi connectivity index (χ3n) is 6.11. The predicted octanol–water partition coefficient (Wildman–Crippen LogP) is 4.15. The maximum Gasteiger partial charge on any atom is 0.306 e. The average molecular weight is 470 g/mol. The van der Waals surface area contributed by atoms with Gasteiger partial charge in [0.25, 0.3) is 0 Å². The standard InChI is InChI=1S/C23H27N5O4S/c1-13-10-16(27-22-24-9-8-19(28-22)32-3)11-17(26-13)18-12-25-21(33-18)23(2,31)15-6-4-14(5-7-15)20(29)30/h8-12,14-15,31H,4-7H2,1-3H3,(H,29,30)(H,24,26,27,28)/t14-,15-,23-/m1/s1. The third kappa shape index (κ3) is 5.12.